The summed E-state index contributed by atoms with van der Waals surface area (Å²) in [4.78, 5) is 15.7. The van der Waals surface area contributed by atoms with Crippen LogP contribution in [0.2, 0.25) is 0 Å². The van der Waals surface area contributed by atoms with E-state index in [0.717, 1.165) is 22.1 Å². The number of carbonyl (C=O) groups excluding carboxylic acids is 1. The van der Waals surface area contributed by atoms with Gasteiger partial charge in [0.2, 0.25) is 0 Å². The topological polar surface area (TPSA) is 66.1 Å². The third-order valence-corrected chi connectivity index (χ3v) is 3.63. The van der Waals surface area contributed by atoms with Gasteiger partial charge in [0, 0.05) is 23.8 Å². The zero-order valence-electron chi connectivity index (χ0n) is 11.7. The number of aryl methyl sites for hydroxylation is 1. The van der Waals surface area contributed by atoms with E-state index in [2.05, 4.69) is 33.2 Å². The number of hydrogen-bond acceptors (Lipinski definition) is 4. The number of nitrogens with zero attached hydrogens (tertiary/aromatic N) is 1. The summed E-state index contributed by atoms with van der Waals surface area (Å²) < 4.78 is 0. The molecule has 0 radical (unpaired) electrons. The largest absolute Gasteiger partial charge is 0.377 e. The van der Waals surface area contributed by atoms with Crippen LogP contribution in [0, 0.1) is 6.92 Å². The number of amides is 2. The van der Waals surface area contributed by atoms with Crippen molar-refractivity contribution >= 4 is 28.7 Å². The Kier molecular flexibility index (Phi) is 4.57. The molecule has 2 rings (SSSR count). The maximum absolute atomic E-state index is 11.2. The van der Waals surface area contributed by atoms with Gasteiger partial charge in [0.15, 0.2) is 0 Å². The molecule has 1 aromatic heterocycles. The molecule has 0 saturated heterocycles. The highest BCUT2D eigenvalue weighted by Gasteiger charge is 2.08. The van der Waals surface area contributed by atoms with Crippen molar-refractivity contribution in [3.05, 3.63) is 40.3 Å². The van der Waals surface area contributed by atoms with Gasteiger partial charge in [0.1, 0.15) is 0 Å². The summed E-state index contributed by atoms with van der Waals surface area (Å²) in [7, 11) is 1.59. The zero-order chi connectivity index (χ0) is 14.5. The van der Waals surface area contributed by atoms with Crippen molar-refractivity contribution in [2.45, 2.75) is 19.9 Å². The van der Waals surface area contributed by atoms with Crippen LogP contribution in [0.15, 0.2) is 29.6 Å². The van der Waals surface area contributed by atoms with Gasteiger partial charge in [-0.05, 0) is 38.1 Å². The number of nitrogens with one attached hydrogen (secondary N) is 3. The Morgan fingerprint density at radius 3 is 2.45 bits per heavy atom. The number of benzene rings is 1. The van der Waals surface area contributed by atoms with Crippen molar-refractivity contribution in [1.29, 1.82) is 0 Å². The molecule has 0 aliphatic carbocycles. The van der Waals surface area contributed by atoms with E-state index in [9.17, 15) is 4.79 Å². The van der Waals surface area contributed by atoms with Crippen molar-refractivity contribution in [3.63, 3.8) is 0 Å². The maximum atomic E-state index is 11.2. The van der Waals surface area contributed by atoms with E-state index in [0.29, 0.717) is 0 Å². The fraction of sp³-hybridized carbons (Fsp3) is 0.286. The molecule has 3 N–H and O–H groups in total. The average Bonchev–Trinajstić information content (AvgIpc) is 2.87. The number of thiazole rings is 1. The lowest BCUT2D eigenvalue weighted by Gasteiger charge is -2.13. The SMILES string of the molecule is CNC(=O)Nc1ccc(NC(C)c2csc(C)n2)cc1. The first kappa shape index (κ1) is 14.3. The molecule has 0 spiro atoms. The van der Waals surface area contributed by atoms with Gasteiger partial charge >= 0.3 is 6.03 Å². The van der Waals surface area contributed by atoms with Crippen molar-refractivity contribution < 1.29 is 4.79 Å². The third kappa shape index (κ3) is 3.71. The average molecular weight is 290 g/mol. The van der Waals surface area contributed by atoms with E-state index >= 15 is 0 Å². The first-order valence-corrected chi connectivity index (χ1v) is 7.24. The van der Waals surface area contributed by atoms with Gasteiger partial charge in [-0.15, -0.1) is 11.3 Å². The van der Waals surface area contributed by atoms with Crippen LogP contribution >= 0.6 is 11.3 Å². The van der Waals surface area contributed by atoms with Crippen LogP contribution in [0.5, 0.6) is 0 Å². The van der Waals surface area contributed by atoms with Crippen LogP contribution in [0.4, 0.5) is 16.2 Å². The maximum Gasteiger partial charge on any atom is 0.318 e. The van der Waals surface area contributed by atoms with E-state index in [1.165, 1.54) is 0 Å². The Labute approximate surface area is 122 Å². The number of hydrogen-bond donors (Lipinski definition) is 3. The minimum absolute atomic E-state index is 0.151. The van der Waals surface area contributed by atoms with Crippen LogP contribution in [0.1, 0.15) is 23.7 Å². The molecule has 1 unspecified atom stereocenters. The summed E-state index contributed by atoms with van der Waals surface area (Å²) in [6, 6.07) is 7.50. The zero-order valence-corrected chi connectivity index (χ0v) is 12.5. The summed E-state index contributed by atoms with van der Waals surface area (Å²) in [6.45, 7) is 4.07. The molecule has 106 valence electrons. The van der Waals surface area contributed by atoms with Gasteiger partial charge in [-0.3, -0.25) is 0 Å². The summed E-state index contributed by atoms with van der Waals surface area (Å²) in [6.07, 6.45) is 0. The molecule has 1 heterocycles. The van der Waals surface area contributed by atoms with E-state index in [4.69, 9.17) is 0 Å². The van der Waals surface area contributed by atoms with Crippen LogP contribution < -0.4 is 16.0 Å². The van der Waals surface area contributed by atoms with Crippen molar-refractivity contribution in [2.24, 2.45) is 0 Å². The molecule has 2 aromatic rings. The number of urea groups is 1. The van der Waals surface area contributed by atoms with E-state index in [1.807, 2.05) is 31.2 Å². The van der Waals surface area contributed by atoms with Crippen molar-refractivity contribution in [2.75, 3.05) is 17.7 Å². The molecule has 1 aromatic carbocycles. The summed E-state index contributed by atoms with van der Waals surface area (Å²) >= 11 is 1.65. The molecule has 6 heteroatoms. The smallest absolute Gasteiger partial charge is 0.318 e. The quantitative estimate of drug-likeness (QED) is 0.808. The molecular weight excluding hydrogens is 272 g/mol. The predicted octanol–water partition coefficient (Wildman–Crippen LogP) is 3.38. The summed E-state index contributed by atoms with van der Waals surface area (Å²) in [5.41, 5.74) is 2.79. The minimum Gasteiger partial charge on any atom is -0.377 e. The molecule has 20 heavy (non-hydrogen) atoms. The standard InChI is InChI=1S/C14H18N4OS/c1-9(13-8-20-10(2)17-13)16-11-4-6-12(7-5-11)18-14(19)15-3/h4-9,16H,1-3H3,(H2,15,18,19). The Morgan fingerprint density at radius 1 is 1.25 bits per heavy atom. The molecule has 0 aliphatic heterocycles. The first-order valence-electron chi connectivity index (χ1n) is 6.36. The van der Waals surface area contributed by atoms with E-state index in [1.54, 1.807) is 18.4 Å². The van der Waals surface area contributed by atoms with Crippen LogP contribution in [-0.2, 0) is 0 Å². The summed E-state index contributed by atoms with van der Waals surface area (Å²) in [5, 5.41) is 11.7. The number of anilines is 2. The predicted molar refractivity (Wildman–Crippen MR) is 83.4 cm³/mol. The van der Waals surface area contributed by atoms with Crippen molar-refractivity contribution in [3.8, 4) is 0 Å². The lowest BCUT2D eigenvalue weighted by Crippen LogP contribution is -2.24. The van der Waals surface area contributed by atoms with E-state index < -0.39 is 0 Å². The molecule has 0 bridgehead atoms. The molecule has 1 atom stereocenters. The molecule has 2 amide bonds. The minimum atomic E-state index is -0.225. The highest BCUT2D eigenvalue weighted by Crippen LogP contribution is 2.22. The van der Waals surface area contributed by atoms with Crippen LogP contribution in [0.3, 0.4) is 0 Å². The second kappa shape index (κ2) is 6.38. The van der Waals surface area contributed by atoms with Gasteiger partial charge in [-0.1, -0.05) is 0 Å². The Morgan fingerprint density at radius 2 is 1.90 bits per heavy atom. The Balaban J connectivity index is 1.98. The Hall–Kier alpha value is -2.08. The molecule has 0 saturated carbocycles. The first-order chi connectivity index (χ1) is 9.58. The van der Waals surface area contributed by atoms with Gasteiger partial charge in [-0.25, -0.2) is 9.78 Å². The monoisotopic (exact) mass is 290 g/mol. The lowest BCUT2D eigenvalue weighted by molar-refractivity contribution is 0.254. The summed E-state index contributed by atoms with van der Waals surface area (Å²) in [5.74, 6) is 0. The van der Waals surface area contributed by atoms with Gasteiger partial charge < -0.3 is 16.0 Å². The highest BCUT2D eigenvalue weighted by molar-refractivity contribution is 7.09. The molecule has 0 fully saturated rings. The molecule has 0 aliphatic rings. The number of aromatic nitrogens is 1. The molecular formula is C14H18N4OS. The van der Waals surface area contributed by atoms with E-state index in [-0.39, 0.29) is 12.1 Å². The third-order valence-electron chi connectivity index (χ3n) is 2.83. The second-order valence-corrected chi connectivity index (χ2v) is 5.50. The van der Waals surface area contributed by atoms with Crippen molar-refractivity contribution in [1.82, 2.24) is 10.3 Å². The second-order valence-electron chi connectivity index (χ2n) is 4.44. The normalized spacial score (nSPS) is 11.8. The lowest BCUT2D eigenvalue weighted by atomic mass is 10.2. The van der Waals surface area contributed by atoms with Crippen LogP contribution in [0.25, 0.3) is 0 Å². The molecule has 5 nitrogen and oxygen atoms in total. The highest BCUT2D eigenvalue weighted by atomic mass is 32.1. The van der Waals surface area contributed by atoms with Gasteiger partial charge in [-0.2, -0.15) is 0 Å². The fourth-order valence-corrected chi connectivity index (χ4v) is 2.45. The van der Waals surface area contributed by atoms with Gasteiger partial charge in [0.25, 0.3) is 0 Å². The number of carbonyl (C=O) groups is 1. The number of rotatable bonds is 4. The fourth-order valence-electron chi connectivity index (χ4n) is 1.75. The van der Waals surface area contributed by atoms with Gasteiger partial charge in [0.05, 0.1) is 16.7 Å². The van der Waals surface area contributed by atoms with Crippen LogP contribution in [-0.4, -0.2) is 18.1 Å². The Bertz CT molecular complexity index is 579.